The third kappa shape index (κ3) is 3.94. The van der Waals surface area contributed by atoms with Crippen LogP contribution in [0.3, 0.4) is 0 Å². The summed E-state index contributed by atoms with van der Waals surface area (Å²) in [5.74, 6) is 0.483. The monoisotopic (exact) mass is 440 g/mol. The first-order valence-corrected chi connectivity index (χ1v) is 11.2. The zero-order valence-corrected chi connectivity index (χ0v) is 17.9. The summed E-state index contributed by atoms with van der Waals surface area (Å²) in [5.41, 5.74) is 1.21. The Hall–Kier alpha value is -2.80. The number of fused-ring (bicyclic) bond motifs is 2. The van der Waals surface area contributed by atoms with E-state index < -0.39 is 0 Å². The average Bonchev–Trinajstić information content (AvgIpc) is 3.14. The summed E-state index contributed by atoms with van der Waals surface area (Å²) in [6.45, 7) is 2.23. The molecule has 1 aliphatic carbocycles. The van der Waals surface area contributed by atoms with Gasteiger partial charge in [-0.3, -0.25) is 4.79 Å². The first kappa shape index (κ1) is 20.1. The summed E-state index contributed by atoms with van der Waals surface area (Å²) < 4.78 is 32.4. The Kier molecular flexibility index (Phi) is 5.22. The van der Waals surface area contributed by atoms with Gasteiger partial charge in [0, 0.05) is 6.04 Å². The van der Waals surface area contributed by atoms with Gasteiger partial charge >= 0.3 is 0 Å². The fourth-order valence-electron chi connectivity index (χ4n) is 4.61. The van der Waals surface area contributed by atoms with E-state index in [9.17, 15) is 13.6 Å². The molecular weight excluding hydrogens is 418 g/mol. The second kappa shape index (κ2) is 8.04. The molecule has 3 heterocycles. The SMILES string of the molecule is Cc1nc(C(=O)N2C(COc3ccc(F)cc3)CC3CC2C3)c(-c2ccc(F)cc2)s1. The van der Waals surface area contributed by atoms with E-state index in [1.165, 1.54) is 35.6 Å². The molecule has 31 heavy (non-hydrogen) atoms. The molecule has 3 aromatic rings. The van der Waals surface area contributed by atoms with Crippen LogP contribution in [0.5, 0.6) is 5.75 Å². The zero-order chi connectivity index (χ0) is 21.5. The quantitative estimate of drug-likeness (QED) is 0.528. The molecule has 1 unspecified atom stereocenters. The second-order valence-corrected chi connectivity index (χ2v) is 9.48. The molecule has 0 radical (unpaired) electrons. The highest BCUT2D eigenvalue weighted by atomic mass is 32.1. The smallest absolute Gasteiger partial charge is 0.274 e. The van der Waals surface area contributed by atoms with Gasteiger partial charge in [0.15, 0.2) is 0 Å². The summed E-state index contributed by atoms with van der Waals surface area (Å²) in [4.78, 5) is 20.9. The van der Waals surface area contributed by atoms with E-state index in [0.717, 1.165) is 34.7 Å². The summed E-state index contributed by atoms with van der Waals surface area (Å²) in [5, 5.41) is 0.797. The molecule has 1 amide bonds. The lowest BCUT2D eigenvalue weighted by Gasteiger charge is -2.53. The molecule has 4 nitrogen and oxygen atoms in total. The molecule has 6 rings (SSSR count). The number of aromatic nitrogens is 1. The van der Waals surface area contributed by atoms with Crippen molar-refractivity contribution in [1.29, 1.82) is 0 Å². The van der Waals surface area contributed by atoms with Crippen molar-refractivity contribution in [3.05, 3.63) is 70.9 Å². The molecule has 2 aromatic carbocycles. The normalized spacial score (nSPS) is 22.2. The van der Waals surface area contributed by atoms with E-state index >= 15 is 0 Å². The van der Waals surface area contributed by atoms with Gasteiger partial charge in [0.2, 0.25) is 0 Å². The number of amides is 1. The topological polar surface area (TPSA) is 42.4 Å². The molecule has 0 spiro atoms. The number of halogens is 2. The number of carbonyl (C=O) groups is 1. The van der Waals surface area contributed by atoms with E-state index in [0.29, 0.717) is 24.0 Å². The standard InChI is InChI=1S/C24H22F2N2O2S/c1-14-27-22(23(31-14)16-2-4-17(25)5-3-16)24(29)28-19-10-15(11-19)12-20(28)13-30-21-8-6-18(26)7-9-21/h2-9,15,19-20H,10-13H2,1H3. The molecule has 160 valence electrons. The van der Waals surface area contributed by atoms with Crippen LogP contribution in [0.1, 0.15) is 34.8 Å². The lowest BCUT2D eigenvalue weighted by molar-refractivity contribution is -0.0308. The predicted octanol–water partition coefficient (Wildman–Crippen LogP) is 5.47. The molecule has 1 saturated carbocycles. The molecule has 2 saturated heterocycles. The molecule has 2 bridgehead atoms. The van der Waals surface area contributed by atoms with E-state index in [1.807, 2.05) is 11.8 Å². The highest BCUT2D eigenvalue weighted by Gasteiger charge is 2.47. The minimum atomic E-state index is -0.313. The van der Waals surface area contributed by atoms with Crippen molar-refractivity contribution < 1.29 is 18.3 Å². The van der Waals surface area contributed by atoms with Crippen molar-refractivity contribution in [3.8, 4) is 16.2 Å². The number of hydrogen-bond acceptors (Lipinski definition) is 4. The van der Waals surface area contributed by atoms with Gasteiger partial charge in [-0.1, -0.05) is 12.1 Å². The van der Waals surface area contributed by atoms with Crippen molar-refractivity contribution in [1.82, 2.24) is 9.88 Å². The number of carbonyl (C=O) groups excluding carboxylic acids is 1. The Morgan fingerprint density at radius 1 is 1.06 bits per heavy atom. The van der Waals surface area contributed by atoms with Crippen LogP contribution >= 0.6 is 11.3 Å². The van der Waals surface area contributed by atoms with Gasteiger partial charge in [0.1, 0.15) is 29.7 Å². The van der Waals surface area contributed by atoms with Crippen molar-refractivity contribution in [2.45, 2.75) is 38.3 Å². The van der Waals surface area contributed by atoms with Gasteiger partial charge in [-0.15, -0.1) is 11.3 Å². The lowest BCUT2D eigenvalue weighted by atomic mass is 9.70. The Morgan fingerprint density at radius 2 is 1.71 bits per heavy atom. The number of rotatable bonds is 5. The predicted molar refractivity (Wildman–Crippen MR) is 115 cm³/mol. The highest BCUT2D eigenvalue weighted by molar-refractivity contribution is 7.15. The number of ether oxygens (including phenoxy) is 1. The summed E-state index contributed by atoms with van der Waals surface area (Å²) in [6.07, 6.45) is 2.90. The fourth-order valence-corrected chi connectivity index (χ4v) is 5.53. The number of piperidine rings is 2. The minimum absolute atomic E-state index is 0.0573. The van der Waals surface area contributed by atoms with E-state index in [4.69, 9.17) is 4.74 Å². The molecule has 1 aromatic heterocycles. The molecular formula is C24H22F2N2O2S. The maximum atomic E-state index is 13.7. The maximum Gasteiger partial charge on any atom is 0.274 e. The third-order valence-corrected chi connectivity index (χ3v) is 7.16. The highest BCUT2D eigenvalue weighted by Crippen LogP contribution is 2.44. The van der Waals surface area contributed by atoms with Crippen LogP contribution in [0.25, 0.3) is 10.4 Å². The molecule has 0 N–H and O–H groups in total. The van der Waals surface area contributed by atoms with Crippen LogP contribution in [0.15, 0.2) is 48.5 Å². The zero-order valence-electron chi connectivity index (χ0n) is 17.1. The Balaban J connectivity index is 1.40. The maximum absolute atomic E-state index is 13.7. The average molecular weight is 441 g/mol. The van der Waals surface area contributed by atoms with Crippen molar-refractivity contribution >= 4 is 17.2 Å². The first-order chi connectivity index (χ1) is 15.0. The number of hydrogen-bond donors (Lipinski definition) is 0. The van der Waals surface area contributed by atoms with E-state index in [1.54, 1.807) is 24.3 Å². The summed E-state index contributed by atoms with van der Waals surface area (Å²) >= 11 is 1.44. The van der Waals surface area contributed by atoms with Crippen molar-refractivity contribution in [3.63, 3.8) is 0 Å². The Bertz CT molecular complexity index is 1090. The number of benzene rings is 2. The molecule has 3 fully saturated rings. The van der Waals surface area contributed by atoms with Crippen molar-refractivity contribution in [2.75, 3.05) is 6.61 Å². The van der Waals surface area contributed by atoms with E-state index in [2.05, 4.69) is 4.98 Å². The molecule has 2 aliphatic heterocycles. The van der Waals surface area contributed by atoms with Gasteiger partial charge in [0.05, 0.1) is 15.9 Å². The second-order valence-electron chi connectivity index (χ2n) is 8.28. The van der Waals surface area contributed by atoms with Gasteiger partial charge in [0.25, 0.3) is 5.91 Å². The Morgan fingerprint density at radius 3 is 2.39 bits per heavy atom. The van der Waals surface area contributed by atoms with Crippen LogP contribution in [-0.4, -0.2) is 34.5 Å². The summed E-state index contributed by atoms with van der Waals surface area (Å²) in [7, 11) is 0. The van der Waals surface area contributed by atoms with Gasteiger partial charge in [-0.25, -0.2) is 13.8 Å². The fraction of sp³-hybridized carbons (Fsp3) is 0.333. The van der Waals surface area contributed by atoms with Gasteiger partial charge in [-0.05, 0) is 74.1 Å². The van der Waals surface area contributed by atoms with Crippen molar-refractivity contribution in [2.24, 2.45) is 5.92 Å². The largest absolute Gasteiger partial charge is 0.491 e. The first-order valence-electron chi connectivity index (χ1n) is 10.4. The van der Waals surface area contributed by atoms with Gasteiger partial charge < -0.3 is 9.64 Å². The number of aryl methyl sites for hydroxylation is 1. The minimum Gasteiger partial charge on any atom is -0.491 e. The molecule has 7 heteroatoms. The third-order valence-electron chi connectivity index (χ3n) is 6.14. The molecule has 1 atom stereocenters. The Labute approximate surface area is 183 Å². The van der Waals surface area contributed by atoms with Crippen LogP contribution in [-0.2, 0) is 0 Å². The van der Waals surface area contributed by atoms with Crippen LogP contribution < -0.4 is 4.74 Å². The van der Waals surface area contributed by atoms with Crippen LogP contribution in [0.2, 0.25) is 0 Å². The molecule has 3 aliphatic rings. The van der Waals surface area contributed by atoms with Crippen LogP contribution in [0, 0.1) is 24.5 Å². The summed E-state index contributed by atoms with van der Waals surface area (Å²) in [6, 6.07) is 12.2. The number of nitrogens with zero attached hydrogens (tertiary/aromatic N) is 2. The van der Waals surface area contributed by atoms with E-state index in [-0.39, 0.29) is 29.6 Å². The lowest BCUT2D eigenvalue weighted by Crippen LogP contribution is -2.60. The number of thiazole rings is 1. The van der Waals surface area contributed by atoms with Crippen LogP contribution in [0.4, 0.5) is 8.78 Å². The van der Waals surface area contributed by atoms with Gasteiger partial charge in [-0.2, -0.15) is 0 Å².